The number of alkyl halides is 3. The maximum atomic E-state index is 12.9. The zero-order chi connectivity index (χ0) is 14.8. The largest absolute Gasteiger partial charge is 0.418 e. The number of nitrogens with one attached hydrogen (secondary N) is 1. The van der Waals surface area contributed by atoms with Crippen LogP contribution >= 0.6 is 0 Å². The van der Waals surface area contributed by atoms with Gasteiger partial charge in [-0.1, -0.05) is 0 Å². The molecule has 0 fully saturated rings. The summed E-state index contributed by atoms with van der Waals surface area (Å²) in [4.78, 5) is 0. The van der Waals surface area contributed by atoms with Crippen molar-refractivity contribution < 1.29 is 13.2 Å². The first-order valence-electron chi connectivity index (χ1n) is 5.74. The number of nitrogens with zero attached hydrogens (tertiary/aromatic N) is 3. The topological polar surface area (TPSA) is 53.6 Å². The Kier molecular flexibility index (Phi) is 3.66. The van der Waals surface area contributed by atoms with Gasteiger partial charge >= 0.3 is 6.18 Å². The van der Waals surface area contributed by atoms with Crippen LogP contribution in [-0.4, -0.2) is 9.78 Å². The third-order valence-electron chi connectivity index (χ3n) is 2.84. The zero-order valence-corrected chi connectivity index (χ0v) is 10.6. The van der Waals surface area contributed by atoms with E-state index in [0.717, 1.165) is 17.8 Å². The average molecular weight is 280 g/mol. The molecule has 2 aromatic rings. The Balaban J connectivity index is 2.29. The molecular weight excluding hydrogens is 269 g/mol. The molecule has 0 saturated carbocycles. The smallest absolute Gasteiger partial charge is 0.379 e. The van der Waals surface area contributed by atoms with Crippen molar-refractivity contribution in [2.24, 2.45) is 7.05 Å². The summed E-state index contributed by atoms with van der Waals surface area (Å²) >= 11 is 0. The first-order chi connectivity index (χ1) is 9.41. The minimum absolute atomic E-state index is 0.113. The lowest BCUT2D eigenvalue weighted by atomic mass is 10.1. The van der Waals surface area contributed by atoms with E-state index in [0.29, 0.717) is 0 Å². The summed E-state index contributed by atoms with van der Waals surface area (Å²) in [5.41, 5.74) is 0.00223. The second-order valence-electron chi connectivity index (χ2n) is 4.17. The Hall–Kier alpha value is -2.49. The molecular formula is C13H11F3N4. The summed E-state index contributed by atoms with van der Waals surface area (Å²) in [5.74, 6) is 0. The zero-order valence-electron chi connectivity index (χ0n) is 10.6. The van der Waals surface area contributed by atoms with E-state index in [2.05, 4.69) is 10.4 Å². The molecule has 104 valence electrons. The molecule has 1 N–H and O–H groups in total. The van der Waals surface area contributed by atoms with Crippen molar-refractivity contribution in [3.8, 4) is 6.07 Å². The fourth-order valence-electron chi connectivity index (χ4n) is 1.77. The molecule has 0 aliphatic rings. The quantitative estimate of drug-likeness (QED) is 0.940. The van der Waals surface area contributed by atoms with Gasteiger partial charge in [-0.3, -0.25) is 4.68 Å². The number of benzene rings is 1. The van der Waals surface area contributed by atoms with E-state index in [1.807, 2.05) is 6.07 Å². The SMILES string of the molecule is Cn1nccc1CNc1cc(C#N)ccc1C(F)(F)F. The normalized spacial score (nSPS) is 11.2. The van der Waals surface area contributed by atoms with Gasteiger partial charge in [-0.15, -0.1) is 0 Å². The minimum Gasteiger partial charge on any atom is -0.379 e. The summed E-state index contributed by atoms with van der Waals surface area (Å²) in [5, 5.41) is 15.4. The van der Waals surface area contributed by atoms with Crippen LogP contribution < -0.4 is 5.32 Å². The van der Waals surface area contributed by atoms with Gasteiger partial charge in [-0.2, -0.15) is 23.5 Å². The molecule has 0 aliphatic heterocycles. The van der Waals surface area contributed by atoms with Crippen LogP contribution in [0.1, 0.15) is 16.8 Å². The van der Waals surface area contributed by atoms with E-state index >= 15 is 0 Å². The minimum atomic E-state index is -4.47. The highest BCUT2D eigenvalue weighted by atomic mass is 19.4. The van der Waals surface area contributed by atoms with Crippen LogP contribution in [0.15, 0.2) is 30.5 Å². The Morgan fingerprint density at radius 1 is 1.35 bits per heavy atom. The van der Waals surface area contributed by atoms with E-state index in [1.165, 1.54) is 6.07 Å². The van der Waals surface area contributed by atoms with E-state index in [1.54, 1.807) is 24.0 Å². The molecule has 0 spiro atoms. The van der Waals surface area contributed by atoms with Crippen molar-refractivity contribution in [2.45, 2.75) is 12.7 Å². The maximum Gasteiger partial charge on any atom is 0.418 e. The fourth-order valence-corrected chi connectivity index (χ4v) is 1.77. The van der Waals surface area contributed by atoms with Crippen LogP contribution in [-0.2, 0) is 19.8 Å². The lowest BCUT2D eigenvalue weighted by Crippen LogP contribution is -2.12. The Morgan fingerprint density at radius 2 is 2.10 bits per heavy atom. The molecule has 0 atom stereocenters. The molecule has 1 heterocycles. The van der Waals surface area contributed by atoms with Crippen molar-refractivity contribution in [3.63, 3.8) is 0 Å². The number of aryl methyl sites for hydroxylation is 1. The fraction of sp³-hybridized carbons (Fsp3) is 0.231. The summed E-state index contributed by atoms with van der Waals surface area (Å²) in [6.45, 7) is 0.189. The van der Waals surface area contributed by atoms with Gasteiger partial charge in [0.05, 0.1) is 29.4 Å². The third kappa shape index (κ3) is 2.91. The Bertz CT molecular complexity index is 652. The van der Waals surface area contributed by atoms with Crippen molar-refractivity contribution in [3.05, 3.63) is 47.3 Å². The third-order valence-corrected chi connectivity index (χ3v) is 2.84. The van der Waals surface area contributed by atoms with Gasteiger partial charge < -0.3 is 5.32 Å². The summed E-state index contributed by atoms with van der Waals surface area (Å²) < 4.78 is 40.2. The van der Waals surface area contributed by atoms with E-state index in [-0.39, 0.29) is 17.8 Å². The van der Waals surface area contributed by atoms with Crippen LogP contribution in [0.2, 0.25) is 0 Å². The highest BCUT2D eigenvalue weighted by Crippen LogP contribution is 2.35. The van der Waals surface area contributed by atoms with Crippen LogP contribution in [0.5, 0.6) is 0 Å². The van der Waals surface area contributed by atoms with Gasteiger partial charge in [-0.05, 0) is 24.3 Å². The molecule has 1 aromatic heterocycles. The molecule has 4 nitrogen and oxygen atoms in total. The number of hydrogen-bond donors (Lipinski definition) is 1. The molecule has 0 bridgehead atoms. The lowest BCUT2D eigenvalue weighted by molar-refractivity contribution is -0.137. The molecule has 7 heteroatoms. The van der Waals surface area contributed by atoms with Gasteiger partial charge in [0, 0.05) is 18.9 Å². The Labute approximate surface area is 113 Å². The molecule has 20 heavy (non-hydrogen) atoms. The standard InChI is InChI=1S/C13H11F3N4/c1-20-10(4-5-19-20)8-18-12-6-9(7-17)2-3-11(12)13(14,15)16/h2-6,18H,8H2,1H3. The second kappa shape index (κ2) is 5.25. The Morgan fingerprint density at radius 3 is 2.65 bits per heavy atom. The maximum absolute atomic E-state index is 12.9. The van der Waals surface area contributed by atoms with Crippen molar-refractivity contribution in [1.29, 1.82) is 5.26 Å². The van der Waals surface area contributed by atoms with E-state index in [4.69, 9.17) is 5.26 Å². The predicted molar refractivity (Wildman–Crippen MR) is 66.7 cm³/mol. The molecule has 1 aromatic carbocycles. The number of rotatable bonds is 3. The monoisotopic (exact) mass is 280 g/mol. The number of aromatic nitrogens is 2. The van der Waals surface area contributed by atoms with Gasteiger partial charge in [-0.25, -0.2) is 0 Å². The number of anilines is 1. The highest BCUT2D eigenvalue weighted by molar-refractivity contribution is 5.57. The molecule has 2 rings (SSSR count). The molecule has 0 unspecified atom stereocenters. The lowest BCUT2D eigenvalue weighted by Gasteiger charge is -2.15. The summed E-state index contributed by atoms with van der Waals surface area (Å²) in [7, 11) is 1.70. The van der Waals surface area contributed by atoms with Crippen LogP contribution in [0.25, 0.3) is 0 Å². The highest BCUT2D eigenvalue weighted by Gasteiger charge is 2.33. The summed E-state index contributed by atoms with van der Waals surface area (Å²) in [6.07, 6.45) is -2.91. The number of halogens is 3. The van der Waals surface area contributed by atoms with Gasteiger partial charge in [0.1, 0.15) is 0 Å². The van der Waals surface area contributed by atoms with Crippen LogP contribution in [0.4, 0.5) is 18.9 Å². The number of hydrogen-bond acceptors (Lipinski definition) is 3. The van der Waals surface area contributed by atoms with Crippen molar-refractivity contribution >= 4 is 5.69 Å². The van der Waals surface area contributed by atoms with Crippen molar-refractivity contribution in [2.75, 3.05) is 5.32 Å². The summed E-state index contributed by atoms with van der Waals surface area (Å²) in [6, 6.07) is 6.78. The molecule has 0 aliphatic carbocycles. The van der Waals surface area contributed by atoms with Crippen molar-refractivity contribution in [1.82, 2.24) is 9.78 Å². The first-order valence-corrected chi connectivity index (χ1v) is 5.74. The number of nitriles is 1. The predicted octanol–water partition coefficient (Wildman–Crippen LogP) is 2.92. The second-order valence-corrected chi connectivity index (χ2v) is 4.17. The van der Waals surface area contributed by atoms with Gasteiger partial charge in [0.25, 0.3) is 0 Å². The molecule has 0 amide bonds. The van der Waals surface area contributed by atoms with E-state index < -0.39 is 11.7 Å². The van der Waals surface area contributed by atoms with E-state index in [9.17, 15) is 13.2 Å². The average Bonchev–Trinajstić information content (AvgIpc) is 2.80. The first kappa shape index (κ1) is 13.9. The van der Waals surface area contributed by atoms with Crippen LogP contribution in [0, 0.1) is 11.3 Å². The molecule has 0 radical (unpaired) electrons. The van der Waals surface area contributed by atoms with Gasteiger partial charge in [0.15, 0.2) is 0 Å². The molecule has 0 saturated heterocycles. The van der Waals surface area contributed by atoms with Gasteiger partial charge in [0.2, 0.25) is 0 Å². The van der Waals surface area contributed by atoms with Crippen LogP contribution in [0.3, 0.4) is 0 Å².